The van der Waals surface area contributed by atoms with E-state index in [4.69, 9.17) is 18.0 Å². The Morgan fingerprint density at radius 3 is 1.74 bits per heavy atom. The molecule has 1 aromatic rings. The topological polar surface area (TPSA) is 66.0 Å². The quantitative estimate of drug-likeness (QED) is 0.163. The fourth-order valence-electron chi connectivity index (χ4n) is 3.55. The van der Waals surface area contributed by atoms with Crippen molar-refractivity contribution >= 4 is 31.0 Å². The Morgan fingerprint density at radius 1 is 0.810 bits per heavy atom. The minimum absolute atomic E-state index is 0.00310. The lowest BCUT2D eigenvalue weighted by Gasteiger charge is -2.47. The van der Waals surface area contributed by atoms with Gasteiger partial charge in [0.25, 0.3) is 0 Å². The first kappa shape index (κ1) is 38.8. The molecule has 1 rings (SSSR count). The van der Waals surface area contributed by atoms with Gasteiger partial charge in [-0.15, -0.1) is 6.58 Å². The van der Waals surface area contributed by atoms with Gasteiger partial charge in [-0.25, -0.2) is 4.79 Å². The molecule has 42 heavy (non-hydrogen) atoms. The highest BCUT2D eigenvalue weighted by Crippen LogP contribution is 2.42. The zero-order valence-electron chi connectivity index (χ0n) is 29.6. The summed E-state index contributed by atoms with van der Waals surface area (Å²) in [4.78, 5) is 13.4. The molecule has 0 aliphatic carbocycles. The van der Waals surface area contributed by atoms with Crippen LogP contribution in [0.15, 0.2) is 43.0 Å². The van der Waals surface area contributed by atoms with Crippen LogP contribution in [0.3, 0.4) is 0 Å². The molecule has 1 aromatic carbocycles. The molecule has 242 valence electrons. The van der Waals surface area contributed by atoms with E-state index in [0.29, 0.717) is 13.0 Å². The van der Waals surface area contributed by atoms with Crippen LogP contribution in [-0.2, 0) is 24.6 Å². The molecule has 0 heterocycles. The third kappa shape index (κ3) is 11.4. The molecule has 9 heteroatoms. The maximum Gasteiger partial charge on any atom is 0.407 e. The Labute approximate surface area is 261 Å². The van der Waals surface area contributed by atoms with Gasteiger partial charge in [-0.2, -0.15) is 0 Å². The Hall–Kier alpha value is -1.24. The van der Waals surface area contributed by atoms with Crippen molar-refractivity contribution in [3.05, 3.63) is 48.6 Å². The maximum atomic E-state index is 13.4. The molecule has 0 radical (unpaired) electrons. The van der Waals surface area contributed by atoms with Gasteiger partial charge in [-0.1, -0.05) is 98.7 Å². The monoisotopic (exact) mass is 637 g/mol. The van der Waals surface area contributed by atoms with Crippen LogP contribution >= 0.6 is 0 Å². The van der Waals surface area contributed by atoms with Crippen LogP contribution in [-0.4, -0.2) is 55.9 Å². The standard InChI is InChI=1S/C33H63NO5Si3/c1-17-21-28(38-41(13,14)32(5,6)7)29(39-42(15,16)33(8,9)10)27(25-37-40(11,12)31(2,3)4)34-30(35)36-24-26-22-19-18-20-23-26/h17-20,22-23,27-29H,1,21,24-25H2,2-16H3,(H,34,35)/t27-,28-,29-/m0/s1. The molecular formula is C33H63NO5Si3. The van der Waals surface area contributed by atoms with Crippen molar-refractivity contribution < 1.29 is 22.8 Å². The van der Waals surface area contributed by atoms with Crippen LogP contribution in [0.1, 0.15) is 74.3 Å². The molecular weight excluding hydrogens is 575 g/mol. The van der Waals surface area contributed by atoms with E-state index in [1.54, 1.807) is 0 Å². The molecule has 0 unspecified atom stereocenters. The Kier molecular flexibility index (Phi) is 13.6. The molecule has 0 saturated carbocycles. The fraction of sp³-hybridized carbons (Fsp3) is 0.727. The van der Waals surface area contributed by atoms with Crippen LogP contribution in [0.5, 0.6) is 0 Å². The summed E-state index contributed by atoms with van der Waals surface area (Å²) in [6.07, 6.45) is 1.26. The van der Waals surface area contributed by atoms with E-state index in [-0.39, 0.29) is 27.8 Å². The summed E-state index contributed by atoms with van der Waals surface area (Å²) in [5.41, 5.74) is 0.932. The first-order chi connectivity index (χ1) is 18.8. The van der Waals surface area contributed by atoms with Crippen LogP contribution in [0.2, 0.25) is 54.4 Å². The van der Waals surface area contributed by atoms with E-state index in [2.05, 4.69) is 113 Å². The molecule has 0 fully saturated rings. The van der Waals surface area contributed by atoms with Gasteiger partial charge in [-0.05, 0) is 66.4 Å². The van der Waals surface area contributed by atoms with Crippen LogP contribution < -0.4 is 5.32 Å². The summed E-state index contributed by atoms with van der Waals surface area (Å²) in [5.74, 6) is 0. The van der Waals surface area contributed by atoms with Gasteiger partial charge in [-0.3, -0.25) is 0 Å². The van der Waals surface area contributed by atoms with Gasteiger partial charge in [0.15, 0.2) is 25.0 Å². The highest BCUT2D eigenvalue weighted by atomic mass is 28.4. The molecule has 6 nitrogen and oxygen atoms in total. The van der Waals surface area contributed by atoms with Crippen molar-refractivity contribution in [1.82, 2.24) is 5.32 Å². The second-order valence-electron chi connectivity index (χ2n) is 16.2. The molecule has 0 aliphatic heterocycles. The van der Waals surface area contributed by atoms with Crippen LogP contribution in [0, 0.1) is 0 Å². The number of alkyl carbamates (subject to hydrolysis) is 1. The van der Waals surface area contributed by atoms with Gasteiger partial charge >= 0.3 is 6.09 Å². The summed E-state index contributed by atoms with van der Waals surface area (Å²) in [5, 5.41) is 3.16. The average molecular weight is 638 g/mol. The molecule has 0 spiro atoms. The molecule has 0 saturated heterocycles. The smallest absolute Gasteiger partial charge is 0.407 e. The predicted octanol–water partition coefficient (Wildman–Crippen LogP) is 9.66. The van der Waals surface area contributed by atoms with Gasteiger partial charge in [0.1, 0.15) is 6.61 Å². The normalized spacial score (nSPS) is 16.0. The van der Waals surface area contributed by atoms with Crippen LogP contribution in [0.4, 0.5) is 4.79 Å². The van der Waals surface area contributed by atoms with Gasteiger partial charge in [0.2, 0.25) is 0 Å². The lowest BCUT2D eigenvalue weighted by molar-refractivity contribution is 0.000436. The molecule has 1 amide bonds. The van der Waals surface area contributed by atoms with E-state index in [9.17, 15) is 4.79 Å². The zero-order valence-corrected chi connectivity index (χ0v) is 32.6. The average Bonchev–Trinajstić information content (AvgIpc) is 2.82. The van der Waals surface area contributed by atoms with Crippen LogP contribution in [0.25, 0.3) is 0 Å². The first-order valence-corrected chi connectivity index (χ1v) is 24.1. The summed E-state index contributed by atoms with van der Waals surface area (Å²) >= 11 is 0. The van der Waals surface area contributed by atoms with Crippen molar-refractivity contribution in [2.75, 3.05) is 6.61 Å². The van der Waals surface area contributed by atoms with Crippen molar-refractivity contribution in [3.8, 4) is 0 Å². The van der Waals surface area contributed by atoms with E-state index < -0.39 is 43.2 Å². The van der Waals surface area contributed by atoms with Gasteiger partial charge < -0.3 is 23.3 Å². The summed E-state index contributed by atoms with van der Waals surface area (Å²) in [7, 11) is -6.67. The number of nitrogens with one attached hydrogen (secondary N) is 1. The highest BCUT2D eigenvalue weighted by Gasteiger charge is 2.47. The van der Waals surface area contributed by atoms with Crippen molar-refractivity contribution in [2.24, 2.45) is 0 Å². The number of hydrogen-bond acceptors (Lipinski definition) is 5. The molecule has 0 aromatic heterocycles. The minimum Gasteiger partial charge on any atom is -0.445 e. The second kappa shape index (κ2) is 14.7. The first-order valence-electron chi connectivity index (χ1n) is 15.4. The van der Waals surface area contributed by atoms with Crippen molar-refractivity contribution in [1.29, 1.82) is 0 Å². The maximum absolute atomic E-state index is 13.4. The Morgan fingerprint density at radius 2 is 1.29 bits per heavy atom. The minimum atomic E-state index is -2.31. The number of amides is 1. The van der Waals surface area contributed by atoms with E-state index in [1.165, 1.54) is 0 Å². The Bertz CT molecular complexity index is 992. The molecule has 3 atom stereocenters. The fourth-order valence-corrected chi connectivity index (χ4v) is 7.27. The molecule has 0 bridgehead atoms. The number of carbonyl (C=O) groups excluding carboxylic acids is 1. The van der Waals surface area contributed by atoms with E-state index in [0.717, 1.165) is 5.56 Å². The third-order valence-corrected chi connectivity index (χ3v) is 23.1. The SMILES string of the molecule is C=CC[C@H](O[Si](C)(C)C(C)(C)C)[C@@H](O[Si](C)(C)C(C)(C)C)[C@H](CO[Si](C)(C)C(C)(C)C)NC(=O)OCc1ccccc1. The predicted molar refractivity (Wildman–Crippen MR) is 186 cm³/mol. The summed E-state index contributed by atoms with van der Waals surface area (Å²) < 4.78 is 26.8. The zero-order chi connectivity index (χ0) is 32.8. The van der Waals surface area contributed by atoms with E-state index in [1.807, 2.05) is 36.4 Å². The molecule has 0 aliphatic rings. The molecule has 1 N–H and O–H groups in total. The Balaban J connectivity index is 3.59. The van der Waals surface area contributed by atoms with E-state index >= 15 is 0 Å². The second-order valence-corrected chi connectivity index (χ2v) is 30.5. The number of benzene rings is 1. The number of carbonyl (C=O) groups is 1. The van der Waals surface area contributed by atoms with Gasteiger partial charge in [0, 0.05) is 0 Å². The number of hydrogen-bond donors (Lipinski definition) is 1. The summed E-state index contributed by atoms with van der Waals surface area (Å²) in [6.45, 7) is 38.1. The number of rotatable bonds is 14. The highest BCUT2D eigenvalue weighted by molar-refractivity contribution is 6.75. The third-order valence-electron chi connectivity index (χ3n) is 9.60. The summed E-state index contributed by atoms with van der Waals surface area (Å²) in [6, 6.07) is 9.24. The largest absolute Gasteiger partial charge is 0.445 e. The van der Waals surface area contributed by atoms with Crippen molar-refractivity contribution in [2.45, 2.75) is 148 Å². The number of ether oxygens (including phenoxy) is 1. The lowest BCUT2D eigenvalue weighted by Crippen LogP contribution is -2.60. The van der Waals surface area contributed by atoms with Gasteiger partial charge in [0.05, 0.1) is 24.9 Å². The van der Waals surface area contributed by atoms with Crippen molar-refractivity contribution in [3.63, 3.8) is 0 Å². The lowest BCUT2D eigenvalue weighted by atomic mass is 10.0.